The molecule has 0 aliphatic rings. The molecule has 2 N–H and O–H groups in total. The van der Waals surface area contributed by atoms with Crippen LogP contribution in [-0.4, -0.2) is 22.0 Å². The van der Waals surface area contributed by atoms with Crippen LogP contribution in [0.15, 0.2) is 22.8 Å². The Kier molecular flexibility index (Phi) is 4.60. The van der Waals surface area contributed by atoms with Crippen molar-refractivity contribution in [2.45, 2.75) is 19.4 Å². The molecule has 1 aromatic carbocycles. The molecule has 102 valence electrons. The molecule has 19 heavy (non-hydrogen) atoms. The van der Waals surface area contributed by atoms with Crippen molar-refractivity contribution >= 4 is 15.9 Å². The number of hydrogen-bond acceptors (Lipinski definition) is 3. The predicted molar refractivity (Wildman–Crippen MR) is 70.6 cm³/mol. The molecular formula is C12H13BrF2N4. The van der Waals surface area contributed by atoms with Gasteiger partial charge in [-0.25, -0.2) is 8.78 Å². The van der Waals surface area contributed by atoms with Gasteiger partial charge in [-0.15, -0.1) is 0 Å². The van der Waals surface area contributed by atoms with E-state index in [0.717, 1.165) is 0 Å². The molecule has 0 saturated carbocycles. The highest BCUT2D eigenvalue weighted by molar-refractivity contribution is 9.10. The van der Waals surface area contributed by atoms with Crippen LogP contribution < -0.4 is 5.32 Å². The van der Waals surface area contributed by atoms with Gasteiger partial charge in [-0.2, -0.15) is 15.4 Å². The van der Waals surface area contributed by atoms with E-state index in [2.05, 4.69) is 36.7 Å². The Morgan fingerprint density at radius 3 is 2.84 bits per heavy atom. The van der Waals surface area contributed by atoms with Crippen LogP contribution in [0.3, 0.4) is 0 Å². The van der Waals surface area contributed by atoms with Gasteiger partial charge in [-0.3, -0.25) is 0 Å². The first-order valence-electron chi connectivity index (χ1n) is 5.85. The molecule has 4 nitrogen and oxygen atoms in total. The summed E-state index contributed by atoms with van der Waals surface area (Å²) in [6.45, 7) is 2.58. The van der Waals surface area contributed by atoms with E-state index in [4.69, 9.17) is 0 Å². The number of H-pyrrole nitrogens is 1. The third-order valence-corrected chi connectivity index (χ3v) is 3.40. The lowest BCUT2D eigenvalue weighted by atomic mass is 10.0. The molecular weight excluding hydrogens is 318 g/mol. The third-order valence-electron chi connectivity index (χ3n) is 2.79. The number of nitrogens with one attached hydrogen (secondary N) is 2. The Morgan fingerprint density at radius 1 is 1.42 bits per heavy atom. The number of aromatic amines is 1. The average Bonchev–Trinajstić information content (AvgIpc) is 2.92. The molecule has 0 aliphatic carbocycles. The second-order valence-corrected chi connectivity index (χ2v) is 4.89. The zero-order valence-corrected chi connectivity index (χ0v) is 11.8. The normalized spacial score (nSPS) is 12.6. The first-order chi connectivity index (χ1) is 9.13. The third kappa shape index (κ3) is 3.16. The lowest BCUT2D eigenvalue weighted by Gasteiger charge is -2.16. The molecule has 0 aliphatic heterocycles. The van der Waals surface area contributed by atoms with E-state index in [1.807, 2.05) is 6.92 Å². The van der Waals surface area contributed by atoms with Gasteiger partial charge in [0, 0.05) is 5.56 Å². The van der Waals surface area contributed by atoms with Crippen LogP contribution in [0.4, 0.5) is 8.78 Å². The SMILES string of the molecule is CCNC(Cc1c(F)ccc(Br)c1F)c1cn[nH]n1. The van der Waals surface area contributed by atoms with Crippen LogP contribution in [0.2, 0.25) is 0 Å². The van der Waals surface area contributed by atoms with Crippen LogP contribution in [0.1, 0.15) is 24.2 Å². The summed E-state index contributed by atoms with van der Waals surface area (Å²) in [6, 6.07) is 2.31. The van der Waals surface area contributed by atoms with Gasteiger partial charge in [0.15, 0.2) is 0 Å². The molecule has 2 rings (SSSR count). The highest BCUT2D eigenvalue weighted by Crippen LogP contribution is 2.25. The van der Waals surface area contributed by atoms with E-state index in [0.29, 0.717) is 12.2 Å². The number of benzene rings is 1. The molecule has 1 atom stereocenters. The van der Waals surface area contributed by atoms with Crippen molar-refractivity contribution in [1.82, 2.24) is 20.7 Å². The molecule has 1 unspecified atom stereocenters. The average molecular weight is 331 g/mol. The number of hydrogen-bond donors (Lipinski definition) is 2. The Balaban J connectivity index is 2.30. The minimum Gasteiger partial charge on any atom is -0.309 e. The van der Waals surface area contributed by atoms with Crippen molar-refractivity contribution in [1.29, 1.82) is 0 Å². The van der Waals surface area contributed by atoms with E-state index >= 15 is 0 Å². The van der Waals surface area contributed by atoms with Gasteiger partial charge in [0.05, 0.1) is 22.4 Å². The summed E-state index contributed by atoms with van der Waals surface area (Å²) in [5.74, 6) is -1.14. The van der Waals surface area contributed by atoms with Crippen LogP contribution in [-0.2, 0) is 6.42 Å². The molecule has 0 amide bonds. The van der Waals surface area contributed by atoms with Crippen molar-refractivity contribution in [3.63, 3.8) is 0 Å². The smallest absolute Gasteiger partial charge is 0.143 e. The monoisotopic (exact) mass is 330 g/mol. The highest BCUT2D eigenvalue weighted by Gasteiger charge is 2.20. The number of halogens is 3. The Labute approximate surface area is 117 Å². The zero-order valence-electron chi connectivity index (χ0n) is 10.3. The van der Waals surface area contributed by atoms with Gasteiger partial charge < -0.3 is 5.32 Å². The zero-order chi connectivity index (χ0) is 13.8. The van der Waals surface area contributed by atoms with Crippen LogP contribution in [0, 0.1) is 11.6 Å². The molecule has 0 spiro atoms. The summed E-state index contributed by atoms with van der Waals surface area (Å²) in [7, 11) is 0. The van der Waals surface area contributed by atoms with Crippen LogP contribution >= 0.6 is 15.9 Å². The summed E-state index contributed by atoms with van der Waals surface area (Å²) < 4.78 is 27.9. The van der Waals surface area contributed by atoms with Crippen molar-refractivity contribution in [3.05, 3.63) is 45.7 Å². The minimum atomic E-state index is -0.577. The Hall–Kier alpha value is -1.34. The van der Waals surface area contributed by atoms with Gasteiger partial charge in [0.2, 0.25) is 0 Å². The van der Waals surface area contributed by atoms with Crippen molar-refractivity contribution in [3.8, 4) is 0 Å². The van der Waals surface area contributed by atoms with Crippen LogP contribution in [0.5, 0.6) is 0 Å². The van der Waals surface area contributed by atoms with Gasteiger partial charge in [0.1, 0.15) is 11.6 Å². The van der Waals surface area contributed by atoms with E-state index < -0.39 is 11.6 Å². The molecule has 2 aromatic rings. The van der Waals surface area contributed by atoms with E-state index in [9.17, 15) is 8.78 Å². The highest BCUT2D eigenvalue weighted by atomic mass is 79.9. The summed E-state index contributed by atoms with van der Waals surface area (Å²) >= 11 is 3.06. The largest absolute Gasteiger partial charge is 0.309 e. The second-order valence-electron chi connectivity index (χ2n) is 4.03. The van der Waals surface area contributed by atoms with Gasteiger partial charge in [-0.1, -0.05) is 6.92 Å². The quantitative estimate of drug-likeness (QED) is 0.829. The summed E-state index contributed by atoms with van der Waals surface area (Å²) in [5, 5.41) is 13.3. The lowest BCUT2D eigenvalue weighted by molar-refractivity contribution is 0.490. The number of likely N-dealkylation sites (N-methyl/N-ethyl adjacent to an activating group) is 1. The fourth-order valence-corrected chi connectivity index (χ4v) is 2.24. The second kappa shape index (κ2) is 6.21. The maximum absolute atomic E-state index is 13.9. The van der Waals surface area contributed by atoms with Gasteiger partial charge in [-0.05, 0) is 41.0 Å². The Bertz CT molecular complexity index is 545. The molecule has 7 heteroatoms. The van der Waals surface area contributed by atoms with Crippen molar-refractivity contribution in [2.24, 2.45) is 0 Å². The maximum Gasteiger partial charge on any atom is 0.143 e. The first kappa shape index (κ1) is 14.1. The van der Waals surface area contributed by atoms with Gasteiger partial charge >= 0.3 is 0 Å². The lowest BCUT2D eigenvalue weighted by Crippen LogP contribution is -2.24. The molecule has 0 saturated heterocycles. The fourth-order valence-electron chi connectivity index (χ4n) is 1.87. The molecule has 1 aromatic heterocycles. The van der Waals surface area contributed by atoms with Crippen LogP contribution in [0.25, 0.3) is 0 Å². The molecule has 1 heterocycles. The summed E-state index contributed by atoms with van der Waals surface area (Å²) in [4.78, 5) is 0. The van der Waals surface area contributed by atoms with Crippen molar-refractivity contribution < 1.29 is 8.78 Å². The van der Waals surface area contributed by atoms with E-state index in [1.165, 1.54) is 12.1 Å². The number of aromatic nitrogens is 3. The maximum atomic E-state index is 13.9. The Morgan fingerprint density at radius 2 is 2.21 bits per heavy atom. The summed E-state index contributed by atoms with van der Waals surface area (Å²) in [5.41, 5.74) is 0.656. The van der Waals surface area contributed by atoms with E-state index in [1.54, 1.807) is 6.20 Å². The molecule has 0 bridgehead atoms. The molecule has 0 fully saturated rings. The first-order valence-corrected chi connectivity index (χ1v) is 6.64. The number of nitrogens with zero attached hydrogens (tertiary/aromatic N) is 2. The predicted octanol–water partition coefficient (Wildman–Crippen LogP) is 2.74. The van der Waals surface area contributed by atoms with Crippen molar-refractivity contribution in [2.75, 3.05) is 6.54 Å². The fraction of sp³-hybridized carbons (Fsp3) is 0.333. The summed E-state index contributed by atoms with van der Waals surface area (Å²) in [6.07, 6.45) is 1.71. The number of rotatable bonds is 5. The minimum absolute atomic E-state index is 0.0309. The van der Waals surface area contributed by atoms with E-state index in [-0.39, 0.29) is 22.5 Å². The molecule has 0 radical (unpaired) electrons. The van der Waals surface area contributed by atoms with Gasteiger partial charge in [0.25, 0.3) is 0 Å². The standard InChI is InChI=1S/C12H13BrF2N4/c1-2-16-10(11-6-17-19-18-11)5-7-9(14)4-3-8(13)12(7)15/h3-4,6,10,16H,2,5H2,1H3,(H,17,18,19). The topological polar surface area (TPSA) is 53.6 Å².